The summed E-state index contributed by atoms with van der Waals surface area (Å²) >= 11 is 0. The molecule has 2 N–H and O–H groups in total. The fourth-order valence-electron chi connectivity index (χ4n) is 4.18. The Kier molecular flexibility index (Phi) is 3.00. The summed E-state index contributed by atoms with van der Waals surface area (Å²) in [6, 6.07) is 7.92. The summed E-state index contributed by atoms with van der Waals surface area (Å²) in [4.78, 5) is 21.5. The summed E-state index contributed by atoms with van der Waals surface area (Å²) in [7, 11) is 0. The number of hydrogen-bond donors (Lipinski definition) is 2. The Labute approximate surface area is 135 Å². The van der Waals surface area contributed by atoms with Crippen LogP contribution in [-0.2, 0) is 10.3 Å². The minimum Gasteiger partial charge on any atom is -0.345 e. The summed E-state index contributed by atoms with van der Waals surface area (Å²) in [5.74, 6) is 0.739. The molecule has 0 bridgehead atoms. The van der Waals surface area contributed by atoms with Crippen LogP contribution in [0.4, 0.5) is 0 Å². The van der Waals surface area contributed by atoms with E-state index in [-0.39, 0.29) is 17.2 Å². The van der Waals surface area contributed by atoms with Crippen molar-refractivity contribution >= 4 is 16.8 Å². The van der Waals surface area contributed by atoms with Crippen molar-refractivity contribution in [2.75, 3.05) is 13.1 Å². The monoisotopic (exact) mass is 310 g/mol. The van der Waals surface area contributed by atoms with Gasteiger partial charge in [0.1, 0.15) is 6.33 Å². The number of benzene rings is 1. The normalized spacial score (nSPS) is 29.3. The van der Waals surface area contributed by atoms with Crippen LogP contribution in [0.1, 0.15) is 26.5 Å². The highest BCUT2D eigenvalue weighted by molar-refractivity contribution is 5.86. The topological polar surface area (TPSA) is 66.9 Å². The first-order chi connectivity index (χ1) is 10.9. The van der Waals surface area contributed by atoms with E-state index >= 15 is 0 Å². The second kappa shape index (κ2) is 4.74. The van der Waals surface area contributed by atoms with E-state index in [9.17, 15) is 4.79 Å². The maximum atomic E-state index is 12.8. The molecule has 3 unspecified atom stereocenters. The summed E-state index contributed by atoms with van der Waals surface area (Å²) in [5.41, 5.74) is 1.37. The molecule has 1 amide bonds. The van der Waals surface area contributed by atoms with Gasteiger partial charge in [-0.1, -0.05) is 25.1 Å². The second-order valence-electron chi connectivity index (χ2n) is 7.57. The van der Waals surface area contributed by atoms with E-state index in [1.54, 1.807) is 6.33 Å². The molecule has 1 saturated heterocycles. The molecular formula is C18H22N4O. The van der Waals surface area contributed by atoms with Gasteiger partial charge in [-0.2, -0.15) is 0 Å². The molecule has 2 heterocycles. The first kappa shape index (κ1) is 14.6. The molecule has 5 nitrogen and oxygen atoms in total. The number of aromatic nitrogens is 2. The molecule has 0 spiro atoms. The van der Waals surface area contributed by atoms with Crippen molar-refractivity contribution in [3.05, 3.63) is 36.3 Å². The zero-order valence-corrected chi connectivity index (χ0v) is 13.8. The van der Waals surface area contributed by atoms with Gasteiger partial charge in [-0.3, -0.25) is 4.79 Å². The Morgan fingerprint density at radius 3 is 2.87 bits per heavy atom. The third-order valence-electron chi connectivity index (χ3n) is 5.57. The molecule has 1 aromatic heterocycles. The summed E-state index contributed by atoms with van der Waals surface area (Å²) in [6.45, 7) is 8.11. The number of piperidine rings is 1. The molecule has 1 saturated carbocycles. The highest BCUT2D eigenvalue weighted by Crippen LogP contribution is 2.60. The van der Waals surface area contributed by atoms with Crippen LogP contribution in [0.2, 0.25) is 0 Å². The lowest BCUT2D eigenvalue weighted by Gasteiger charge is -2.27. The standard InChI is InChI=1S/C18H22N4O/c1-17(2,15-11-6-4-5-7-13(11)20-10-21-15)22-16(23)14-12-8-19-9-18(12,14)3/h4-7,10,12,14,19H,8-9H2,1-3H3,(H,22,23). The fourth-order valence-corrected chi connectivity index (χ4v) is 4.18. The number of carbonyl (C=O) groups is 1. The summed E-state index contributed by atoms with van der Waals surface area (Å²) in [6.07, 6.45) is 1.57. The van der Waals surface area contributed by atoms with Crippen LogP contribution in [0.15, 0.2) is 30.6 Å². The number of para-hydroxylation sites is 1. The van der Waals surface area contributed by atoms with Gasteiger partial charge in [-0.25, -0.2) is 9.97 Å². The van der Waals surface area contributed by atoms with Crippen LogP contribution in [-0.4, -0.2) is 29.0 Å². The maximum absolute atomic E-state index is 12.8. The van der Waals surface area contributed by atoms with Crippen LogP contribution in [0.3, 0.4) is 0 Å². The van der Waals surface area contributed by atoms with Gasteiger partial charge in [0.05, 0.1) is 16.7 Å². The van der Waals surface area contributed by atoms with Gasteiger partial charge in [0.2, 0.25) is 5.91 Å². The van der Waals surface area contributed by atoms with Gasteiger partial charge >= 0.3 is 0 Å². The maximum Gasteiger partial charge on any atom is 0.224 e. The van der Waals surface area contributed by atoms with Gasteiger partial charge in [-0.15, -0.1) is 0 Å². The average Bonchev–Trinajstić information content (AvgIpc) is 2.92. The Morgan fingerprint density at radius 2 is 2.13 bits per heavy atom. The van der Waals surface area contributed by atoms with Crippen molar-refractivity contribution in [1.82, 2.24) is 20.6 Å². The Morgan fingerprint density at radius 1 is 1.35 bits per heavy atom. The molecule has 2 aromatic rings. The van der Waals surface area contributed by atoms with Gasteiger partial charge in [-0.05, 0) is 37.8 Å². The number of rotatable bonds is 3. The van der Waals surface area contributed by atoms with Crippen LogP contribution >= 0.6 is 0 Å². The molecule has 2 aliphatic rings. The lowest BCUT2D eigenvalue weighted by molar-refractivity contribution is -0.125. The van der Waals surface area contributed by atoms with Crippen molar-refractivity contribution in [3.8, 4) is 0 Å². The molecule has 0 radical (unpaired) electrons. The van der Waals surface area contributed by atoms with E-state index in [2.05, 4.69) is 27.5 Å². The highest BCUT2D eigenvalue weighted by atomic mass is 16.2. The van der Waals surface area contributed by atoms with E-state index < -0.39 is 5.54 Å². The van der Waals surface area contributed by atoms with Gasteiger partial charge in [0.25, 0.3) is 0 Å². The molecule has 23 heavy (non-hydrogen) atoms. The van der Waals surface area contributed by atoms with Gasteiger partial charge in [0, 0.05) is 17.8 Å². The largest absolute Gasteiger partial charge is 0.345 e. The molecule has 1 aliphatic heterocycles. The van der Waals surface area contributed by atoms with Crippen molar-refractivity contribution in [3.63, 3.8) is 0 Å². The smallest absolute Gasteiger partial charge is 0.224 e. The van der Waals surface area contributed by atoms with E-state index in [1.165, 1.54) is 0 Å². The average molecular weight is 310 g/mol. The molecule has 3 atom stereocenters. The third-order valence-corrected chi connectivity index (χ3v) is 5.57. The molecular weight excluding hydrogens is 288 g/mol. The number of fused-ring (bicyclic) bond motifs is 2. The first-order valence-corrected chi connectivity index (χ1v) is 8.16. The number of nitrogens with zero attached hydrogens (tertiary/aromatic N) is 2. The molecule has 4 rings (SSSR count). The van der Waals surface area contributed by atoms with E-state index in [4.69, 9.17) is 0 Å². The Balaban J connectivity index is 1.61. The lowest BCUT2D eigenvalue weighted by atomic mass is 9.95. The molecule has 1 aromatic carbocycles. The van der Waals surface area contributed by atoms with Crippen LogP contribution < -0.4 is 10.6 Å². The van der Waals surface area contributed by atoms with E-state index in [0.717, 1.165) is 29.7 Å². The minimum absolute atomic E-state index is 0.121. The Bertz CT molecular complexity index is 782. The van der Waals surface area contributed by atoms with Crippen LogP contribution in [0.5, 0.6) is 0 Å². The number of carbonyl (C=O) groups excluding carboxylic acids is 1. The number of nitrogens with one attached hydrogen (secondary N) is 2. The zero-order valence-electron chi connectivity index (χ0n) is 13.8. The van der Waals surface area contributed by atoms with Crippen molar-refractivity contribution in [2.24, 2.45) is 17.3 Å². The second-order valence-corrected chi connectivity index (χ2v) is 7.57. The summed E-state index contributed by atoms with van der Waals surface area (Å²) in [5, 5.41) is 7.58. The van der Waals surface area contributed by atoms with Gasteiger partial charge < -0.3 is 10.6 Å². The number of hydrogen-bond acceptors (Lipinski definition) is 4. The highest BCUT2D eigenvalue weighted by Gasteiger charge is 2.67. The molecule has 5 heteroatoms. The SMILES string of the molecule is CC(C)(NC(=O)C1C2CNCC21C)c1ncnc2ccccc12. The van der Waals surface area contributed by atoms with Crippen molar-refractivity contribution in [2.45, 2.75) is 26.3 Å². The number of amides is 1. The zero-order chi connectivity index (χ0) is 16.2. The van der Waals surface area contributed by atoms with Gasteiger partial charge in [0.15, 0.2) is 0 Å². The predicted octanol–water partition coefficient (Wildman–Crippen LogP) is 1.84. The minimum atomic E-state index is -0.527. The summed E-state index contributed by atoms with van der Waals surface area (Å²) < 4.78 is 0. The molecule has 120 valence electrons. The Hall–Kier alpha value is -2.01. The molecule has 1 aliphatic carbocycles. The lowest BCUT2D eigenvalue weighted by Crippen LogP contribution is -2.44. The third kappa shape index (κ3) is 2.14. The quantitative estimate of drug-likeness (QED) is 0.908. The molecule has 2 fully saturated rings. The van der Waals surface area contributed by atoms with Crippen molar-refractivity contribution in [1.29, 1.82) is 0 Å². The van der Waals surface area contributed by atoms with Crippen LogP contribution in [0, 0.1) is 17.3 Å². The fraction of sp³-hybridized carbons (Fsp3) is 0.500. The predicted molar refractivity (Wildman–Crippen MR) is 88.7 cm³/mol. The van der Waals surface area contributed by atoms with Crippen LogP contribution in [0.25, 0.3) is 10.9 Å². The van der Waals surface area contributed by atoms with E-state index in [0.29, 0.717) is 5.92 Å². The van der Waals surface area contributed by atoms with E-state index in [1.807, 2.05) is 38.1 Å². The first-order valence-electron chi connectivity index (χ1n) is 8.16. The van der Waals surface area contributed by atoms with Crippen molar-refractivity contribution < 1.29 is 4.79 Å².